The van der Waals surface area contributed by atoms with Gasteiger partial charge in [-0.05, 0) is 28.1 Å². The summed E-state index contributed by atoms with van der Waals surface area (Å²) in [5.74, 6) is -0.107. The lowest BCUT2D eigenvalue weighted by Gasteiger charge is -1.99. The Balaban J connectivity index is 2.02. The van der Waals surface area contributed by atoms with Crippen LogP contribution in [-0.2, 0) is 5.75 Å². The molecule has 0 fully saturated rings. The fourth-order valence-corrected chi connectivity index (χ4v) is 2.45. The van der Waals surface area contributed by atoms with Gasteiger partial charge in [0.15, 0.2) is 5.69 Å². The Kier molecular flexibility index (Phi) is 3.80. The standard InChI is InChI=1S/C10H7BrN2O3S/c11-7-2-1-3-12-9(7)17-5-6-4-8(10(14)15)13-16-6/h1-4H,5H2,(H,14,15). The van der Waals surface area contributed by atoms with Gasteiger partial charge in [-0.1, -0.05) is 16.9 Å². The normalized spacial score (nSPS) is 10.4. The molecule has 0 aliphatic carbocycles. The van der Waals surface area contributed by atoms with Crippen LogP contribution in [0.1, 0.15) is 16.2 Å². The minimum Gasteiger partial charge on any atom is -0.476 e. The summed E-state index contributed by atoms with van der Waals surface area (Å²) in [6.45, 7) is 0. The summed E-state index contributed by atoms with van der Waals surface area (Å²) >= 11 is 4.82. The molecular formula is C10H7BrN2O3S. The summed E-state index contributed by atoms with van der Waals surface area (Å²) < 4.78 is 5.78. The van der Waals surface area contributed by atoms with Gasteiger partial charge >= 0.3 is 5.97 Å². The van der Waals surface area contributed by atoms with Crippen LogP contribution < -0.4 is 0 Å². The van der Waals surface area contributed by atoms with Crippen LogP contribution in [0.3, 0.4) is 0 Å². The van der Waals surface area contributed by atoms with Gasteiger partial charge in [-0.3, -0.25) is 0 Å². The van der Waals surface area contributed by atoms with Gasteiger partial charge in [-0.25, -0.2) is 9.78 Å². The summed E-state index contributed by atoms with van der Waals surface area (Å²) in [6.07, 6.45) is 1.69. The zero-order valence-electron chi connectivity index (χ0n) is 8.46. The van der Waals surface area contributed by atoms with Gasteiger partial charge < -0.3 is 9.63 Å². The van der Waals surface area contributed by atoms with Crippen molar-refractivity contribution in [1.29, 1.82) is 0 Å². The monoisotopic (exact) mass is 314 g/mol. The van der Waals surface area contributed by atoms with Crippen molar-refractivity contribution in [3.8, 4) is 0 Å². The first-order valence-electron chi connectivity index (χ1n) is 4.59. The highest BCUT2D eigenvalue weighted by Crippen LogP contribution is 2.27. The fraction of sp³-hybridized carbons (Fsp3) is 0.100. The molecule has 0 spiro atoms. The number of aromatic nitrogens is 2. The van der Waals surface area contributed by atoms with Gasteiger partial charge in [0, 0.05) is 16.7 Å². The molecule has 2 heterocycles. The highest BCUT2D eigenvalue weighted by atomic mass is 79.9. The van der Waals surface area contributed by atoms with Gasteiger partial charge in [0.05, 0.1) is 5.75 Å². The Bertz CT molecular complexity index is 544. The topological polar surface area (TPSA) is 76.2 Å². The summed E-state index contributed by atoms with van der Waals surface area (Å²) in [7, 11) is 0. The smallest absolute Gasteiger partial charge is 0.358 e. The molecule has 0 atom stereocenters. The molecule has 0 saturated heterocycles. The van der Waals surface area contributed by atoms with Crippen LogP contribution in [0.5, 0.6) is 0 Å². The number of thioether (sulfide) groups is 1. The van der Waals surface area contributed by atoms with Crippen molar-refractivity contribution in [2.24, 2.45) is 0 Å². The van der Waals surface area contributed by atoms with Crippen LogP contribution in [0.25, 0.3) is 0 Å². The van der Waals surface area contributed by atoms with E-state index in [0.29, 0.717) is 11.5 Å². The number of pyridine rings is 1. The van der Waals surface area contributed by atoms with Crippen molar-refractivity contribution in [1.82, 2.24) is 10.1 Å². The first-order chi connectivity index (χ1) is 8.16. The highest BCUT2D eigenvalue weighted by molar-refractivity contribution is 9.10. The maximum Gasteiger partial charge on any atom is 0.358 e. The quantitative estimate of drug-likeness (QED) is 0.874. The molecule has 0 radical (unpaired) electrons. The minimum absolute atomic E-state index is 0.0827. The predicted molar refractivity (Wildman–Crippen MR) is 65.0 cm³/mol. The summed E-state index contributed by atoms with van der Waals surface area (Å²) in [5.41, 5.74) is -0.0827. The number of carbonyl (C=O) groups is 1. The second-order valence-electron chi connectivity index (χ2n) is 3.06. The molecule has 0 amide bonds. The van der Waals surface area contributed by atoms with Crippen LogP contribution in [0.2, 0.25) is 0 Å². The van der Waals surface area contributed by atoms with Crippen molar-refractivity contribution in [2.45, 2.75) is 10.8 Å². The Morgan fingerprint density at radius 2 is 2.41 bits per heavy atom. The van der Waals surface area contributed by atoms with Crippen molar-refractivity contribution in [2.75, 3.05) is 0 Å². The maximum atomic E-state index is 10.6. The third-order valence-corrected chi connectivity index (χ3v) is 3.78. The second-order valence-corrected chi connectivity index (χ2v) is 4.88. The number of hydrogen-bond acceptors (Lipinski definition) is 5. The molecule has 88 valence electrons. The van der Waals surface area contributed by atoms with Gasteiger partial charge in [-0.2, -0.15) is 0 Å². The molecule has 17 heavy (non-hydrogen) atoms. The molecule has 7 heteroatoms. The number of carboxylic acid groups (broad SMARTS) is 1. The van der Waals surface area contributed by atoms with Crippen molar-refractivity contribution < 1.29 is 14.4 Å². The lowest BCUT2D eigenvalue weighted by Crippen LogP contribution is -1.94. The third-order valence-electron chi connectivity index (χ3n) is 1.85. The van der Waals surface area contributed by atoms with E-state index in [-0.39, 0.29) is 5.69 Å². The van der Waals surface area contributed by atoms with Crippen LogP contribution in [0.4, 0.5) is 0 Å². The molecule has 0 aromatic carbocycles. The molecule has 2 aromatic rings. The largest absolute Gasteiger partial charge is 0.476 e. The Morgan fingerprint density at radius 1 is 1.59 bits per heavy atom. The zero-order chi connectivity index (χ0) is 12.3. The molecule has 2 rings (SSSR count). The Morgan fingerprint density at radius 3 is 3.06 bits per heavy atom. The van der Waals surface area contributed by atoms with E-state index < -0.39 is 5.97 Å². The van der Waals surface area contributed by atoms with Crippen molar-refractivity contribution in [3.63, 3.8) is 0 Å². The van der Waals surface area contributed by atoms with Crippen molar-refractivity contribution >= 4 is 33.7 Å². The van der Waals surface area contributed by atoms with Gasteiger partial charge in [0.25, 0.3) is 0 Å². The second kappa shape index (κ2) is 5.33. The summed E-state index contributed by atoms with van der Waals surface area (Å²) in [4.78, 5) is 14.8. The number of carboxylic acids is 1. The van der Waals surface area contributed by atoms with E-state index in [1.54, 1.807) is 6.20 Å². The number of rotatable bonds is 4. The van der Waals surface area contributed by atoms with E-state index >= 15 is 0 Å². The molecule has 0 unspecified atom stereocenters. The Hall–Kier alpha value is -1.34. The minimum atomic E-state index is -1.09. The molecule has 0 aliphatic rings. The molecule has 1 N–H and O–H groups in total. The van der Waals surface area contributed by atoms with E-state index in [0.717, 1.165) is 9.50 Å². The molecule has 0 saturated carbocycles. The average Bonchev–Trinajstić information content (AvgIpc) is 2.77. The van der Waals surface area contributed by atoms with E-state index in [1.807, 2.05) is 12.1 Å². The van der Waals surface area contributed by atoms with Gasteiger partial charge in [0.1, 0.15) is 10.8 Å². The van der Waals surface area contributed by atoms with Crippen LogP contribution in [0, 0.1) is 0 Å². The molecule has 0 aliphatic heterocycles. The van der Waals surface area contributed by atoms with E-state index in [1.165, 1.54) is 17.8 Å². The molecular weight excluding hydrogens is 308 g/mol. The lowest BCUT2D eigenvalue weighted by molar-refractivity contribution is 0.0685. The summed E-state index contributed by atoms with van der Waals surface area (Å²) in [5, 5.41) is 12.9. The maximum absolute atomic E-state index is 10.6. The molecule has 5 nitrogen and oxygen atoms in total. The zero-order valence-corrected chi connectivity index (χ0v) is 10.9. The number of hydrogen-bond donors (Lipinski definition) is 1. The van der Waals surface area contributed by atoms with E-state index in [2.05, 4.69) is 26.1 Å². The first-order valence-corrected chi connectivity index (χ1v) is 6.37. The van der Waals surface area contributed by atoms with Crippen molar-refractivity contribution in [3.05, 3.63) is 40.3 Å². The molecule has 2 aromatic heterocycles. The van der Waals surface area contributed by atoms with E-state index in [9.17, 15) is 4.79 Å². The molecule has 0 bridgehead atoms. The summed E-state index contributed by atoms with van der Waals surface area (Å²) in [6, 6.07) is 5.12. The predicted octanol–water partition coefficient (Wildman–Crippen LogP) is 2.82. The number of halogens is 1. The highest BCUT2D eigenvalue weighted by Gasteiger charge is 2.11. The number of nitrogens with zero attached hydrogens (tertiary/aromatic N) is 2. The fourth-order valence-electron chi connectivity index (χ4n) is 1.10. The SMILES string of the molecule is O=C(O)c1cc(CSc2ncccc2Br)on1. The van der Waals surface area contributed by atoms with Crippen LogP contribution in [-0.4, -0.2) is 21.2 Å². The van der Waals surface area contributed by atoms with Crippen LogP contribution in [0.15, 0.2) is 38.4 Å². The first kappa shape index (κ1) is 12.1. The van der Waals surface area contributed by atoms with Crippen LogP contribution >= 0.6 is 27.7 Å². The van der Waals surface area contributed by atoms with Gasteiger partial charge in [-0.15, -0.1) is 0 Å². The number of aromatic carboxylic acids is 1. The average molecular weight is 315 g/mol. The Labute approximate surface area is 109 Å². The van der Waals surface area contributed by atoms with Gasteiger partial charge in [0.2, 0.25) is 0 Å². The lowest BCUT2D eigenvalue weighted by atomic mass is 10.4. The van der Waals surface area contributed by atoms with E-state index in [4.69, 9.17) is 9.63 Å². The third kappa shape index (κ3) is 3.07.